The summed E-state index contributed by atoms with van der Waals surface area (Å²) in [4.78, 5) is -0.816. The molecule has 0 saturated heterocycles. The van der Waals surface area contributed by atoms with Crippen molar-refractivity contribution in [1.82, 2.24) is 4.72 Å². The van der Waals surface area contributed by atoms with E-state index >= 15 is 0 Å². The predicted molar refractivity (Wildman–Crippen MR) is 113 cm³/mol. The van der Waals surface area contributed by atoms with E-state index < -0.39 is 102 Å². The summed E-state index contributed by atoms with van der Waals surface area (Å²) in [5.41, 5.74) is -6.97. The highest BCUT2D eigenvalue weighted by atomic mass is 32.2. The fourth-order valence-corrected chi connectivity index (χ4v) is 7.91. The highest BCUT2D eigenvalue weighted by Gasteiger charge is 2.59. The Kier molecular flexibility index (Phi) is 7.84. The number of benzene rings is 1. The molecular formula is C21H19F10NO4S2. The summed E-state index contributed by atoms with van der Waals surface area (Å²) in [6.45, 7) is 0. The highest BCUT2D eigenvalue weighted by Crippen LogP contribution is 2.52. The summed E-state index contributed by atoms with van der Waals surface area (Å²) in [5.74, 6) is -5.94. The zero-order chi connectivity index (χ0) is 28.9. The van der Waals surface area contributed by atoms with Crippen LogP contribution in [0.1, 0.15) is 31.2 Å². The average molecular weight is 604 g/mol. The van der Waals surface area contributed by atoms with Crippen molar-refractivity contribution in [3.63, 3.8) is 0 Å². The predicted octanol–water partition coefficient (Wildman–Crippen LogP) is 5.82. The smallest absolute Gasteiger partial charge is 0.223 e. The van der Waals surface area contributed by atoms with Crippen molar-refractivity contribution in [1.29, 1.82) is 0 Å². The molecule has 0 amide bonds. The molecule has 3 rings (SSSR count). The molecule has 0 radical (unpaired) electrons. The second kappa shape index (κ2) is 9.80. The molecule has 0 bridgehead atoms. The van der Waals surface area contributed by atoms with E-state index in [0.717, 1.165) is 0 Å². The zero-order valence-electron chi connectivity index (χ0n) is 18.8. The van der Waals surface area contributed by atoms with Gasteiger partial charge in [-0.2, -0.15) is 39.5 Å². The molecule has 38 heavy (non-hydrogen) atoms. The number of halogens is 10. The average Bonchev–Trinajstić information content (AvgIpc) is 2.77. The van der Waals surface area contributed by atoms with Gasteiger partial charge in [0.25, 0.3) is 0 Å². The minimum absolute atomic E-state index is 0.391. The summed E-state index contributed by atoms with van der Waals surface area (Å²) >= 11 is 0. The van der Waals surface area contributed by atoms with Gasteiger partial charge >= 0.3 is 27.9 Å². The van der Waals surface area contributed by atoms with E-state index in [0.29, 0.717) is 42.5 Å². The van der Waals surface area contributed by atoms with Crippen molar-refractivity contribution in [3.05, 3.63) is 53.9 Å². The van der Waals surface area contributed by atoms with Crippen molar-refractivity contribution >= 4 is 19.9 Å². The fraction of sp³-hybridized carbons (Fsp3) is 0.524. The molecule has 1 aromatic carbocycles. The van der Waals surface area contributed by atoms with Crippen LogP contribution in [-0.4, -0.2) is 39.3 Å². The van der Waals surface area contributed by atoms with Gasteiger partial charge in [-0.1, -0.05) is 6.08 Å². The first-order valence-electron chi connectivity index (χ1n) is 10.7. The lowest BCUT2D eigenvalue weighted by molar-refractivity contribution is -0.174. The number of alkyl halides is 9. The van der Waals surface area contributed by atoms with Gasteiger partial charge in [0.1, 0.15) is 5.83 Å². The molecule has 1 N–H and O–H groups in total. The molecular weight excluding hydrogens is 584 g/mol. The summed E-state index contributed by atoms with van der Waals surface area (Å²) in [5, 5.41) is 0. The number of nitrogens with one attached hydrogen (secondary N) is 1. The molecule has 0 heterocycles. The Labute approximate surface area is 210 Å². The Hall–Kier alpha value is -2.14. The normalized spacial score (nSPS) is 27.7. The maximum atomic E-state index is 14.2. The lowest BCUT2D eigenvalue weighted by Gasteiger charge is -2.46. The summed E-state index contributed by atoms with van der Waals surface area (Å²) in [7, 11) is -10.9. The van der Waals surface area contributed by atoms with Gasteiger partial charge < -0.3 is 0 Å². The second-order valence-electron chi connectivity index (χ2n) is 8.94. The van der Waals surface area contributed by atoms with Crippen molar-refractivity contribution < 1.29 is 60.7 Å². The molecule has 1 saturated carbocycles. The number of hydrogen-bond acceptors (Lipinski definition) is 4. The van der Waals surface area contributed by atoms with Crippen molar-refractivity contribution in [2.75, 3.05) is 0 Å². The Morgan fingerprint density at radius 3 is 1.82 bits per heavy atom. The Bertz CT molecular complexity index is 1300. The largest absolute Gasteiger partial charge is 0.511 e. The van der Waals surface area contributed by atoms with Crippen molar-refractivity contribution in [2.45, 2.75) is 59.2 Å². The lowest BCUT2D eigenvalue weighted by atomic mass is 9.70. The lowest BCUT2D eigenvalue weighted by Crippen LogP contribution is -2.55. The van der Waals surface area contributed by atoms with Crippen LogP contribution in [0.5, 0.6) is 0 Å². The van der Waals surface area contributed by atoms with Gasteiger partial charge in [0.05, 0.1) is 21.1 Å². The van der Waals surface area contributed by atoms with Gasteiger partial charge in [-0.25, -0.2) is 25.9 Å². The molecule has 2 unspecified atom stereocenters. The van der Waals surface area contributed by atoms with Crippen LogP contribution in [0.15, 0.2) is 53.2 Å². The molecule has 2 aliphatic carbocycles. The Morgan fingerprint density at radius 2 is 1.37 bits per heavy atom. The molecule has 2 atom stereocenters. The third-order valence-electron chi connectivity index (χ3n) is 6.66. The first-order chi connectivity index (χ1) is 17.1. The molecule has 0 spiro atoms. The number of allylic oxidation sites excluding steroid dienone is 4. The van der Waals surface area contributed by atoms with Crippen molar-refractivity contribution in [2.24, 2.45) is 11.8 Å². The van der Waals surface area contributed by atoms with E-state index in [-0.39, 0.29) is 0 Å². The minimum atomic E-state index is -5.88. The molecule has 17 heteroatoms. The van der Waals surface area contributed by atoms with Crippen LogP contribution in [0, 0.1) is 11.8 Å². The van der Waals surface area contributed by atoms with Crippen LogP contribution in [0.3, 0.4) is 0 Å². The standard InChI is InChI=1S/C21H19F10NO4S2/c22-13-3-6-16(20(26,27)28)17(11-13)18(9-7-14(8-10-18)32-38(35,36)21(29,30)31)37(33,34)15-4-1-12(2-5-15)19(23,24)25/h1-6,11,14,16-17,32H,7-10H2/t14-,16?,17?,18+. The summed E-state index contributed by atoms with van der Waals surface area (Å²) in [6.07, 6.45) is -11.8. The van der Waals surface area contributed by atoms with Gasteiger partial charge in [-0.15, -0.1) is 0 Å². The number of hydrogen-bond donors (Lipinski definition) is 1. The maximum Gasteiger partial charge on any atom is 0.511 e. The van der Waals surface area contributed by atoms with E-state index in [4.69, 9.17) is 0 Å². The molecule has 1 aromatic rings. The van der Waals surface area contributed by atoms with E-state index in [9.17, 15) is 60.7 Å². The summed E-state index contributed by atoms with van der Waals surface area (Å²) < 4.78 is 182. The Morgan fingerprint density at radius 1 is 0.842 bits per heavy atom. The van der Waals surface area contributed by atoms with Gasteiger partial charge in [-0.05, 0) is 62.1 Å². The van der Waals surface area contributed by atoms with Crippen LogP contribution in [0.4, 0.5) is 43.9 Å². The van der Waals surface area contributed by atoms with Crippen LogP contribution in [0.2, 0.25) is 0 Å². The van der Waals surface area contributed by atoms with Gasteiger partial charge in [0, 0.05) is 12.0 Å². The number of sulfone groups is 1. The number of rotatable bonds is 5. The van der Waals surface area contributed by atoms with Gasteiger partial charge in [-0.3, -0.25) is 0 Å². The van der Waals surface area contributed by atoms with Crippen LogP contribution < -0.4 is 4.72 Å². The minimum Gasteiger partial charge on any atom is -0.223 e. The topological polar surface area (TPSA) is 80.3 Å². The number of sulfonamides is 1. The van der Waals surface area contributed by atoms with Crippen LogP contribution in [-0.2, 0) is 26.0 Å². The molecule has 1 fully saturated rings. The summed E-state index contributed by atoms with van der Waals surface area (Å²) in [6, 6.07) is 0.318. The SMILES string of the molecule is O=S(=O)(N[C@H]1CC[C@@](C2C=C(F)C=CC2C(F)(F)F)(S(=O)(=O)c2ccc(C(F)(F)F)cc2)CC1)C(F)(F)F. The zero-order valence-corrected chi connectivity index (χ0v) is 20.5. The molecule has 2 aliphatic rings. The molecule has 5 nitrogen and oxygen atoms in total. The van der Waals surface area contributed by atoms with E-state index in [1.807, 2.05) is 0 Å². The maximum absolute atomic E-state index is 14.2. The first-order valence-corrected chi connectivity index (χ1v) is 13.7. The Balaban J connectivity index is 2.10. The van der Waals surface area contributed by atoms with Crippen LogP contribution >= 0.6 is 0 Å². The molecule has 0 aliphatic heterocycles. The van der Waals surface area contributed by atoms with E-state index in [1.165, 1.54) is 4.72 Å². The quantitative estimate of drug-likeness (QED) is 0.431. The third kappa shape index (κ3) is 5.73. The van der Waals surface area contributed by atoms with Crippen LogP contribution in [0.25, 0.3) is 0 Å². The first kappa shape index (κ1) is 30.4. The van der Waals surface area contributed by atoms with E-state index in [1.54, 1.807) is 0 Å². The second-order valence-corrected chi connectivity index (χ2v) is 12.9. The monoisotopic (exact) mass is 603 g/mol. The van der Waals surface area contributed by atoms with E-state index in [2.05, 4.69) is 0 Å². The fourth-order valence-electron chi connectivity index (χ4n) is 4.79. The molecule has 214 valence electrons. The van der Waals surface area contributed by atoms with Gasteiger partial charge in [0.2, 0.25) is 0 Å². The van der Waals surface area contributed by atoms with Crippen molar-refractivity contribution in [3.8, 4) is 0 Å². The highest BCUT2D eigenvalue weighted by molar-refractivity contribution is 7.93. The molecule has 0 aromatic heterocycles. The third-order valence-corrected chi connectivity index (χ3v) is 10.6. The van der Waals surface area contributed by atoms with Gasteiger partial charge in [0.15, 0.2) is 9.84 Å².